The molecule has 2 rings (SSSR count). The molecule has 1 heterocycles. The van der Waals surface area contributed by atoms with Crippen molar-refractivity contribution in [3.05, 3.63) is 46.7 Å². The smallest absolute Gasteiger partial charge is 0.259 e. The van der Waals surface area contributed by atoms with Crippen LogP contribution < -0.4 is 5.32 Å². The maximum Gasteiger partial charge on any atom is 0.259 e. The molecule has 2 N–H and O–H groups in total. The summed E-state index contributed by atoms with van der Waals surface area (Å²) in [5.74, 6) is -0.526. The lowest BCUT2D eigenvalue weighted by Gasteiger charge is -1.96. The van der Waals surface area contributed by atoms with Crippen LogP contribution in [0.4, 0.5) is 0 Å². The number of phenols is 1. The van der Waals surface area contributed by atoms with E-state index in [0.717, 1.165) is 5.57 Å². The molecule has 0 radical (unpaired) electrons. The lowest BCUT2D eigenvalue weighted by molar-refractivity contribution is -0.117. The molecule has 1 aliphatic heterocycles. The van der Waals surface area contributed by atoms with Gasteiger partial charge in [-0.1, -0.05) is 12.1 Å². The molecule has 0 aromatic heterocycles. The molecule has 0 atom stereocenters. The summed E-state index contributed by atoms with van der Waals surface area (Å²) in [4.78, 5) is 23.7. The van der Waals surface area contributed by atoms with Gasteiger partial charge in [-0.2, -0.15) is 0 Å². The van der Waals surface area contributed by atoms with Gasteiger partial charge in [0, 0.05) is 0 Å². The van der Waals surface area contributed by atoms with E-state index in [1.54, 1.807) is 26.0 Å². The summed E-state index contributed by atoms with van der Waals surface area (Å²) < 4.78 is 0. The molecule has 1 aromatic rings. The first kappa shape index (κ1) is 12.1. The Bertz CT molecular complexity index is 576. The number of carbonyl (C=O) groups excluding carboxylic acids is 2. The summed E-state index contributed by atoms with van der Waals surface area (Å²) in [7, 11) is 0. The van der Waals surface area contributed by atoms with Crippen LogP contribution in [0.1, 0.15) is 19.4 Å². The highest BCUT2D eigenvalue weighted by molar-refractivity contribution is 6.34. The third kappa shape index (κ3) is 2.18. The molecule has 0 bridgehead atoms. The molecule has 92 valence electrons. The quantitative estimate of drug-likeness (QED) is 0.583. The number of amides is 1. The summed E-state index contributed by atoms with van der Waals surface area (Å²) in [6, 6.07) is 6.30. The van der Waals surface area contributed by atoms with Gasteiger partial charge < -0.3 is 10.4 Å². The largest absolute Gasteiger partial charge is 0.508 e. The van der Waals surface area contributed by atoms with Gasteiger partial charge in [-0.15, -0.1) is 0 Å². The Balaban J connectivity index is 2.40. The van der Waals surface area contributed by atoms with E-state index in [1.807, 2.05) is 0 Å². The third-order valence-corrected chi connectivity index (χ3v) is 2.66. The first-order chi connectivity index (χ1) is 8.49. The molecule has 0 aliphatic carbocycles. The number of hydrogen-bond acceptors (Lipinski definition) is 3. The fraction of sp³-hybridized carbons (Fsp3) is 0.143. The predicted molar refractivity (Wildman–Crippen MR) is 67.6 cm³/mol. The Labute approximate surface area is 105 Å². The summed E-state index contributed by atoms with van der Waals surface area (Å²) in [5.41, 5.74) is 1.95. The minimum atomic E-state index is -0.385. The number of hydrogen-bond donors (Lipinski definition) is 2. The molecule has 0 spiro atoms. The number of aromatic hydroxyl groups is 1. The van der Waals surface area contributed by atoms with E-state index >= 15 is 0 Å². The molecule has 0 saturated carbocycles. The Morgan fingerprint density at radius 3 is 2.28 bits per heavy atom. The molecule has 1 fully saturated rings. The first-order valence-corrected chi connectivity index (χ1v) is 5.53. The van der Waals surface area contributed by atoms with Crippen LogP contribution in [-0.4, -0.2) is 16.8 Å². The molecular weight excluding hydrogens is 230 g/mol. The molecule has 4 nitrogen and oxygen atoms in total. The Morgan fingerprint density at radius 2 is 1.78 bits per heavy atom. The summed E-state index contributed by atoms with van der Waals surface area (Å²) >= 11 is 0. The van der Waals surface area contributed by atoms with Gasteiger partial charge in [0.1, 0.15) is 5.75 Å². The van der Waals surface area contributed by atoms with E-state index in [2.05, 4.69) is 5.32 Å². The van der Waals surface area contributed by atoms with E-state index in [-0.39, 0.29) is 23.0 Å². The van der Waals surface area contributed by atoms with E-state index < -0.39 is 0 Å². The summed E-state index contributed by atoms with van der Waals surface area (Å²) in [5, 5.41) is 11.7. The van der Waals surface area contributed by atoms with Gasteiger partial charge >= 0.3 is 0 Å². The maximum atomic E-state index is 12.0. The van der Waals surface area contributed by atoms with Gasteiger partial charge in [0.25, 0.3) is 5.91 Å². The van der Waals surface area contributed by atoms with Gasteiger partial charge in [-0.05, 0) is 43.2 Å². The number of rotatable bonds is 1. The second kappa shape index (κ2) is 4.49. The summed E-state index contributed by atoms with van der Waals surface area (Å²) in [6.07, 6.45) is 1.52. The zero-order valence-corrected chi connectivity index (χ0v) is 10.2. The van der Waals surface area contributed by atoms with Crippen molar-refractivity contribution in [1.29, 1.82) is 0 Å². The van der Waals surface area contributed by atoms with Gasteiger partial charge in [0.05, 0.1) is 11.3 Å². The highest BCUT2D eigenvalue weighted by Crippen LogP contribution is 2.20. The van der Waals surface area contributed by atoms with E-state index in [0.29, 0.717) is 11.3 Å². The van der Waals surface area contributed by atoms with Gasteiger partial charge in [-0.3, -0.25) is 9.59 Å². The van der Waals surface area contributed by atoms with Crippen molar-refractivity contribution in [3.63, 3.8) is 0 Å². The van der Waals surface area contributed by atoms with Gasteiger partial charge in [0.2, 0.25) is 5.78 Å². The standard InChI is InChI=1S/C14H13NO3/c1-8(2)12-13(17)11(14(18)15-12)7-9-3-5-10(16)6-4-9/h3-7,16H,1-2H3,(H,15,18). The average molecular weight is 243 g/mol. The highest BCUT2D eigenvalue weighted by Gasteiger charge is 2.31. The van der Waals surface area contributed by atoms with Crippen LogP contribution in [0.5, 0.6) is 5.75 Å². The average Bonchev–Trinajstić information content (AvgIpc) is 2.60. The number of carbonyl (C=O) groups is 2. The van der Waals surface area contributed by atoms with E-state index in [1.165, 1.54) is 18.2 Å². The fourth-order valence-corrected chi connectivity index (χ4v) is 1.70. The number of phenolic OH excluding ortho intramolecular Hbond substituents is 1. The lowest BCUT2D eigenvalue weighted by atomic mass is 10.1. The molecule has 18 heavy (non-hydrogen) atoms. The SMILES string of the molecule is CC(C)=C1NC(=O)C(=Cc2ccc(O)cc2)C1=O. The second-order valence-electron chi connectivity index (χ2n) is 4.31. The van der Waals surface area contributed by atoms with Crippen molar-refractivity contribution < 1.29 is 14.7 Å². The normalized spacial score (nSPS) is 17.2. The van der Waals surface area contributed by atoms with E-state index in [9.17, 15) is 9.59 Å². The predicted octanol–water partition coefficient (Wildman–Crippen LogP) is 1.77. The lowest BCUT2D eigenvalue weighted by Crippen LogP contribution is -2.14. The zero-order chi connectivity index (χ0) is 13.3. The Morgan fingerprint density at radius 1 is 1.17 bits per heavy atom. The first-order valence-electron chi connectivity index (χ1n) is 5.53. The van der Waals surface area contributed by atoms with Crippen molar-refractivity contribution in [3.8, 4) is 5.75 Å². The van der Waals surface area contributed by atoms with Crippen molar-refractivity contribution >= 4 is 17.8 Å². The van der Waals surface area contributed by atoms with Crippen LogP contribution >= 0.6 is 0 Å². The molecular formula is C14H13NO3. The van der Waals surface area contributed by atoms with Crippen molar-refractivity contribution in [2.24, 2.45) is 0 Å². The third-order valence-electron chi connectivity index (χ3n) is 2.66. The fourth-order valence-electron chi connectivity index (χ4n) is 1.70. The Kier molecular flexibility index (Phi) is 3.02. The molecule has 1 aromatic carbocycles. The zero-order valence-electron chi connectivity index (χ0n) is 10.2. The molecule has 1 saturated heterocycles. The van der Waals surface area contributed by atoms with Crippen LogP contribution in [0.3, 0.4) is 0 Å². The van der Waals surface area contributed by atoms with Crippen LogP contribution in [0, 0.1) is 0 Å². The van der Waals surface area contributed by atoms with Gasteiger partial charge in [0.15, 0.2) is 0 Å². The number of benzene rings is 1. The minimum Gasteiger partial charge on any atom is -0.508 e. The number of Topliss-reactive ketones (excluding diaryl/α,β-unsaturated/α-hetero) is 1. The number of ketones is 1. The number of allylic oxidation sites excluding steroid dienone is 2. The number of nitrogens with one attached hydrogen (secondary N) is 1. The van der Waals surface area contributed by atoms with Crippen LogP contribution in [0.15, 0.2) is 41.1 Å². The maximum absolute atomic E-state index is 12.0. The molecule has 0 unspecified atom stereocenters. The topological polar surface area (TPSA) is 66.4 Å². The van der Waals surface area contributed by atoms with Crippen LogP contribution in [0.25, 0.3) is 6.08 Å². The Hall–Kier alpha value is -2.36. The highest BCUT2D eigenvalue weighted by atomic mass is 16.3. The van der Waals surface area contributed by atoms with Crippen LogP contribution in [0.2, 0.25) is 0 Å². The summed E-state index contributed by atoms with van der Waals surface area (Å²) in [6.45, 7) is 3.55. The molecule has 1 amide bonds. The minimum absolute atomic E-state index is 0.122. The van der Waals surface area contributed by atoms with Gasteiger partial charge in [-0.25, -0.2) is 0 Å². The van der Waals surface area contributed by atoms with Crippen LogP contribution in [-0.2, 0) is 9.59 Å². The monoisotopic (exact) mass is 243 g/mol. The molecule has 1 aliphatic rings. The van der Waals surface area contributed by atoms with Crippen molar-refractivity contribution in [2.45, 2.75) is 13.8 Å². The molecule has 4 heteroatoms. The second-order valence-corrected chi connectivity index (χ2v) is 4.31. The van der Waals surface area contributed by atoms with Crippen molar-refractivity contribution in [1.82, 2.24) is 5.32 Å². The van der Waals surface area contributed by atoms with E-state index in [4.69, 9.17) is 5.11 Å². The van der Waals surface area contributed by atoms with Crippen molar-refractivity contribution in [2.75, 3.05) is 0 Å².